The smallest absolute Gasteiger partial charge is 0.864 e. The Bertz CT molecular complexity index is 123. The molecule has 2 amide bonds. The van der Waals surface area contributed by atoms with Crippen molar-refractivity contribution in [2.45, 2.75) is 0 Å². The fourth-order valence-corrected chi connectivity index (χ4v) is 0.0497. The van der Waals surface area contributed by atoms with Gasteiger partial charge in [0, 0.05) is 0 Å². The molecule has 0 aliphatic carbocycles. The van der Waals surface area contributed by atoms with Crippen molar-refractivity contribution in [1.82, 2.24) is 0 Å². The van der Waals surface area contributed by atoms with Gasteiger partial charge in [-0.15, -0.1) is 0 Å². The van der Waals surface area contributed by atoms with Gasteiger partial charge < -0.3 is 10.2 Å². The molecule has 0 radical (unpaired) electrons. The molecule has 0 aromatic rings. The van der Waals surface area contributed by atoms with Crippen molar-refractivity contribution in [3.63, 3.8) is 0 Å². The van der Waals surface area contributed by atoms with E-state index in [1.165, 1.54) is 0 Å². The van der Waals surface area contributed by atoms with Gasteiger partial charge in [-0.1, -0.05) is 0 Å². The zero-order valence-corrected chi connectivity index (χ0v) is 10.8. The summed E-state index contributed by atoms with van der Waals surface area (Å²) in [7, 11) is 0. The minimum Gasteiger partial charge on any atom is -0.864 e. The maximum absolute atomic E-state index is 9.01. The summed E-state index contributed by atoms with van der Waals surface area (Å²) in [5, 5.41) is 18.0. The molecule has 0 saturated carbocycles. The molecule has 0 N–H and O–H groups in total. The van der Waals surface area contributed by atoms with Crippen molar-refractivity contribution in [3.8, 4) is 0 Å². The monoisotopic (exact) mass is 190 g/mol. The molecule has 0 saturated heterocycles. The quantitative estimate of drug-likeness (QED) is 0.186. The normalized spacial score (nSPS) is 7.33. The Labute approximate surface area is 113 Å². The number of aliphatic imine (C=N–C) groups is 2. The number of hydrogen-bond donors (Lipinski definition) is 0. The molecule has 0 spiro atoms. The molecule has 0 heterocycles. The summed E-state index contributed by atoms with van der Waals surface area (Å²) in [5.74, 6) is 0. The van der Waals surface area contributed by atoms with Crippen molar-refractivity contribution >= 4 is 25.6 Å². The van der Waals surface area contributed by atoms with Crippen LogP contribution >= 0.6 is 0 Å². The Kier molecular flexibility index (Phi) is 57.4. The third-order valence-electron chi connectivity index (χ3n) is 0.243. The van der Waals surface area contributed by atoms with Gasteiger partial charge in [0.25, 0.3) is 0 Å². The van der Waals surface area contributed by atoms with Crippen molar-refractivity contribution < 1.29 is 78.9 Å². The SMILES string of the molecule is O=CN=C[O-].O=CN=C[O-].[Na+].[Na+]. The largest absolute Gasteiger partial charge is 1.00 e. The van der Waals surface area contributed by atoms with Gasteiger partial charge in [-0.2, -0.15) is 0 Å². The summed E-state index contributed by atoms with van der Waals surface area (Å²) in [6.45, 7) is 0. The molecular formula is C4H4N2Na2O4. The minimum atomic E-state index is 0. The van der Waals surface area contributed by atoms with Crippen molar-refractivity contribution in [1.29, 1.82) is 0 Å². The average Bonchev–Trinajstić information content (AvgIpc) is 1.93. The molecule has 0 aliphatic heterocycles. The van der Waals surface area contributed by atoms with E-state index in [0.29, 0.717) is 0 Å². The summed E-state index contributed by atoms with van der Waals surface area (Å²) in [4.78, 5) is 23.2. The predicted octanol–water partition coefficient (Wildman–Crippen LogP) is -8.93. The van der Waals surface area contributed by atoms with E-state index in [2.05, 4.69) is 9.98 Å². The molecule has 0 aromatic heterocycles. The van der Waals surface area contributed by atoms with Gasteiger partial charge in [-0.25, -0.2) is 9.98 Å². The van der Waals surface area contributed by atoms with Crippen LogP contribution in [0.4, 0.5) is 0 Å². The van der Waals surface area contributed by atoms with Crippen molar-refractivity contribution in [3.05, 3.63) is 0 Å². The Morgan fingerprint density at radius 1 is 0.833 bits per heavy atom. The molecule has 0 bridgehead atoms. The second-order valence-electron chi connectivity index (χ2n) is 0.720. The van der Waals surface area contributed by atoms with Crippen LogP contribution in [0.2, 0.25) is 0 Å². The van der Waals surface area contributed by atoms with E-state index in [-0.39, 0.29) is 84.7 Å². The van der Waals surface area contributed by atoms with Crippen LogP contribution in [0.15, 0.2) is 9.98 Å². The summed E-state index contributed by atoms with van der Waals surface area (Å²) >= 11 is 0. The molecule has 6 nitrogen and oxygen atoms in total. The van der Waals surface area contributed by atoms with E-state index in [1.807, 2.05) is 0 Å². The zero-order valence-electron chi connectivity index (χ0n) is 6.84. The van der Waals surface area contributed by atoms with Crippen LogP contribution in [-0.2, 0) is 9.59 Å². The van der Waals surface area contributed by atoms with Crippen LogP contribution in [-0.4, -0.2) is 25.6 Å². The molecule has 56 valence electrons. The van der Waals surface area contributed by atoms with E-state index in [1.54, 1.807) is 0 Å². The Morgan fingerprint density at radius 3 is 1.08 bits per heavy atom. The predicted molar refractivity (Wildman–Crippen MR) is 29.1 cm³/mol. The van der Waals surface area contributed by atoms with E-state index < -0.39 is 0 Å². The summed E-state index contributed by atoms with van der Waals surface area (Å²) in [5.41, 5.74) is 0. The molecular weight excluding hydrogens is 186 g/mol. The van der Waals surface area contributed by atoms with Crippen molar-refractivity contribution in [2.75, 3.05) is 0 Å². The molecule has 0 atom stereocenters. The number of amides is 2. The summed E-state index contributed by atoms with van der Waals surface area (Å²) in [6, 6.07) is 0. The molecule has 0 aromatic carbocycles. The molecule has 12 heavy (non-hydrogen) atoms. The Balaban J connectivity index is -0.0000000457. The number of hydrogen-bond acceptors (Lipinski definition) is 4. The van der Waals surface area contributed by atoms with Gasteiger partial charge in [0.05, 0.1) is 0 Å². The second-order valence-corrected chi connectivity index (χ2v) is 0.720. The fourth-order valence-electron chi connectivity index (χ4n) is 0.0497. The topological polar surface area (TPSA) is 105 Å². The average molecular weight is 190 g/mol. The van der Waals surface area contributed by atoms with Gasteiger partial charge in [0.15, 0.2) is 0 Å². The maximum atomic E-state index is 9.01. The van der Waals surface area contributed by atoms with Gasteiger partial charge in [-0.3, -0.25) is 9.59 Å². The third-order valence-corrected chi connectivity index (χ3v) is 0.243. The van der Waals surface area contributed by atoms with E-state index in [4.69, 9.17) is 19.8 Å². The van der Waals surface area contributed by atoms with Gasteiger partial charge in [-0.05, 0) is 12.8 Å². The number of carbonyl (C=O) groups excluding carboxylic acids is 2. The molecule has 0 unspecified atom stereocenters. The van der Waals surface area contributed by atoms with Crippen LogP contribution in [0.5, 0.6) is 0 Å². The standard InChI is InChI=1S/2C2H3NO2.2Na/c2*4-1-3-2-5;;/h2*1-2H,(H,3,4,5);;/q;;2*+1/p-2. The Hall–Kier alpha value is 0.280. The number of rotatable bonds is 2. The van der Waals surface area contributed by atoms with Crippen LogP contribution in [0.3, 0.4) is 0 Å². The number of carbonyl (C=O) groups is 2. The first-order valence-electron chi connectivity index (χ1n) is 1.98. The first kappa shape index (κ1) is 22.8. The van der Waals surface area contributed by atoms with E-state index in [0.717, 1.165) is 0 Å². The van der Waals surface area contributed by atoms with Crippen LogP contribution < -0.4 is 69.3 Å². The van der Waals surface area contributed by atoms with Crippen molar-refractivity contribution in [2.24, 2.45) is 9.98 Å². The van der Waals surface area contributed by atoms with Gasteiger partial charge in [0.1, 0.15) is 0 Å². The third kappa shape index (κ3) is 48.3. The molecule has 0 aliphatic rings. The molecule has 0 fully saturated rings. The van der Waals surface area contributed by atoms with Crippen LogP contribution in [0, 0.1) is 0 Å². The van der Waals surface area contributed by atoms with Crippen LogP contribution in [0.1, 0.15) is 0 Å². The summed E-state index contributed by atoms with van der Waals surface area (Å²) < 4.78 is 0. The Morgan fingerprint density at radius 2 is 1.08 bits per heavy atom. The van der Waals surface area contributed by atoms with Gasteiger partial charge >= 0.3 is 59.1 Å². The number of nitrogens with zero attached hydrogens (tertiary/aromatic N) is 2. The van der Waals surface area contributed by atoms with Gasteiger partial charge in [0.2, 0.25) is 12.8 Å². The zero-order chi connectivity index (χ0) is 8.24. The second kappa shape index (κ2) is 30.2. The molecule has 0 rings (SSSR count). The summed E-state index contributed by atoms with van der Waals surface area (Å²) in [6.07, 6.45) is 0.750. The first-order valence-corrected chi connectivity index (χ1v) is 1.98. The maximum Gasteiger partial charge on any atom is 1.00 e. The van der Waals surface area contributed by atoms with E-state index in [9.17, 15) is 0 Å². The van der Waals surface area contributed by atoms with E-state index >= 15 is 0 Å². The first-order chi connectivity index (χ1) is 4.83. The fraction of sp³-hybridized carbons (Fsp3) is 0. The minimum absolute atomic E-state index is 0. The molecule has 8 heteroatoms. The van der Waals surface area contributed by atoms with Crippen LogP contribution in [0.25, 0.3) is 0 Å².